The van der Waals surface area contributed by atoms with Crippen LogP contribution in [0.5, 0.6) is 0 Å². The zero-order valence-electron chi connectivity index (χ0n) is 6.96. The lowest BCUT2D eigenvalue weighted by Crippen LogP contribution is -2.18. The molecule has 0 aromatic rings. The van der Waals surface area contributed by atoms with Crippen LogP contribution in [0.1, 0.15) is 40.0 Å². The molecule has 1 atom stereocenters. The number of hydrogen-bond acceptors (Lipinski definition) is 1. The van der Waals surface area contributed by atoms with Gasteiger partial charge in [0.05, 0.1) is 0 Å². The first-order valence-corrected chi connectivity index (χ1v) is 3.74. The van der Waals surface area contributed by atoms with Crippen molar-refractivity contribution >= 4 is 0 Å². The van der Waals surface area contributed by atoms with Gasteiger partial charge in [0.1, 0.15) is 0 Å². The summed E-state index contributed by atoms with van der Waals surface area (Å²) in [5.41, 5.74) is 8.07. The second-order valence-corrected chi connectivity index (χ2v) is 2.79. The topological polar surface area (TPSA) is 48.8 Å². The first-order chi connectivity index (χ1) is 4.68. The summed E-state index contributed by atoms with van der Waals surface area (Å²) in [4.78, 5) is 2.82. The van der Waals surface area contributed by atoms with Crippen LogP contribution in [0.4, 0.5) is 0 Å². The SMILES string of the molecule is CCCC(C)(CC)N=[N+]=[N-]. The summed E-state index contributed by atoms with van der Waals surface area (Å²) < 4.78 is 0. The molecule has 0 aliphatic rings. The Labute approximate surface area is 62.1 Å². The van der Waals surface area contributed by atoms with Crippen molar-refractivity contribution in [2.75, 3.05) is 0 Å². The van der Waals surface area contributed by atoms with Crippen LogP contribution in [0.2, 0.25) is 0 Å². The van der Waals surface area contributed by atoms with Gasteiger partial charge in [-0.3, -0.25) is 0 Å². The monoisotopic (exact) mass is 141 g/mol. The average molecular weight is 141 g/mol. The molecule has 0 fully saturated rings. The van der Waals surface area contributed by atoms with Gasteiger partial charge < -0.3 is 0 Å². The van der Waals surface area contributed by atoms with Gasteiger partial charge in [0.2, 0.25) is 0 Å². The molecule has 0 amide bonds. The first-order valence-electron chi connectivity index (χ1n) is 3.74. The summed E-state index contributed by atoms with van der Waals surface area (Å²) in [6.07, 6.45) is 2.97. The van der Waals surface area contributed by atoms with E-state index in [0.717, 1.165) is 19.3 Å². The van der Waals surface area contributed by atoms with E-state index in [1.165, 1.54) is 0 Å². The molecule has 0 bridgehead atoms. The van der Waals surface area contributed by atoms with E-state index >= 15 is 0 Å². The third-order valence-electron chi connectivity index (χ3n) is 1.84. The van der Waals surface area contributed by atoms with E-state index in [4.69, 9.17) is 5.53 Å². The molecule has 1 unspecified atom stereocenters. The molecule has 58 valence electrons. The average Bonchev–Trinajstić information content (AvgIpc) is 1.89. The predicted molar refractivity (Wildman–Crippen MR) is 42.8 cm³/mol. The lowest BCUT2D eigenvalue weighted by atomic mass is 9.95. The molecular weight excluding hydrogens is 126 g/mol. The second kappa shape index (κ2) is 4.18. The van der Waals surface area contributed by atoms with Crippen LogP contribution in [0.15, 0.2) is 5.11 Å². The van der Waals surface area contributed by atoms with Crippen molar-refractivity contribution in [3.05, 3.63) is 10.4 Å². The molecule has 0 aromatic heterocycles. The maximum Gasteiger partial charge on any atom is 0.0457 e. The third kappa shape index (κ3) is 2.74. The Hall–Kier alpha value is -0.690. The molecule has 0 saturated heterocycles. The molecule has 3 heteroatoms. The van der Waals surface area contributed by atoms with E-state index in [2.05, 4.69) is 16.9 Å². The fourth-order valence-corrected chi connectivity index (χ4v) is 0.944. The molecule has 10 heavy (non-hydrogen) atoms. The summed E-state index contributed by atoms with van der Waals surface area (Å²) in [7, 11) is 0. The summed E-state index contributed by atoms with van der Waals surface area (Å²) in [5, 5.41) is 3.74. The molecule has 0 aromatic carbocycles. The van der Waals surface area contributed by atoms with Crippen molar-refractivity contribution < 1.29 is 0 Å². The van der Waals surface area contributed by atoms with Crippen LogP contribution in [0.3, 0.4) is 0 Å². The Kier molecular flexibility index (Phi) is 3.89. The highest BCUT2D eigenvalue weighted by atomic mass is 15.2. The summed E-state index contributed by atoms with van der Waals surface area (Å²) in [6, 6.07) is 0. The molecule has 3 nitrogen and oxygen atoms in total. The van der Waals surface area contributed by atoms with Crippen molar-refractivity contribution in [1.82, 2.24) is 0 Å². The fourth-order valence-electron chi connectivity index (χ4n) is 0.944. The maximum absolute atomic E-state index is 8.22. The molecule has 0 aliphatic carbocycles. The van der Waals surface area contributed by atoms with Crippen molar-refractivity contribution in [3.63, 3.8) is 0 Å². The Bertz CT molecular complexity index is 138. The van der Waals surface area contributed by atoms with Gasteiger partial charge in [-0.05, 0) is 18.4 Å². The molecular formula is C7H15N3. The van der Waals surface area contributed by atoms with Gasteiger partial charge >= 0.3 is 0 Å². The molecule has 0 saturated carbocycles. The number of rotatable bonds is 4. The van der Waals surface area contributed by atoms with E-state index in [-0.39, 0.29) is 5.54 Å². The summed E-state index contributed by atoms with van der Waals surface area (Å²) in [6.45, 7) is 6.14. The van der Waals surface area contributed by atoms with E-state index in [1.807, 2.05) is 13.8 Å². The van der Waals surface area contributed by atoms with Crippen LogP contribution in [0.25, 0.3) is 10.4 Å². The molecule has 0 aliphatic heterocycles. The van der Waals surface area contributed by atoms with E-state index < -0.39 is 0 Å². The largest absolute Gasteiger partial charge is 0.0876 e. The quantitative estimate of drug-likeness (QED) is 0.328. The van der Waals surface area contributed by atoms with Gasteiger partial charge in [-0.1, -0.05) is 32.3 Å². The van der Waals surface area contributed by atoms with Crippen LogP contribution in [0, 0.1) is 0 Å². The van der Waals surface area contributed by atoms with Crippen LogP contribution in [-0.2, 0) is 0 Å². The van der Waals surface area contributed by atoms with Gasteiger partial charge in [-0.25, -0.2) is 0 Å². The standard InChI is InChI=1S/C7H15N3/c1-4-6-7(3,5-2)9-10-8/h4-6H2,1-3H3. The maximum atomic E-state index is 8.22. The fraction of sp³-hybridized carbons (Fsp3) is 1.00. The van der Waals surface area contributed by atoms with Crippen LogP contribution in [-0.4, -0.2) is 5.54 Å². The second-order valence-electron chi connectivity index (χ2n) is 2.79. The minimum atomic E-state index is -0.149. The number of azide groups is 1. The van der Waals surface area contributed by atoms with Crippen LogP contribution >= 0.6 is 0 Å². The number of hydrogen-bond donors (Lipinski definition) is 0. The highest BCUT2D eigenvalue weighted by Crippen LogP contribution is 2.21. The minimum absolute atomic E-state index is 0.149. The summed E-state index contributed by atoms with van der Waals surface area (Å²) in [5.74, 6) is 0. The molecule has 0 spiro atoms. The Morgan fingerprint density at radius 1 is 1.50 bits per heavy atom. The molecule has 0 radical (unpaired) electrons. The van der Waals surface area contributed by atoms with E-state index in [1.54, 1.807) is 0 Å². The van der Waals surface area contributed by atoms with Crippen molar-refractivity contribution in [2.24, 2.45) is 5.11 Å². The van der Waals surface area contributed by atoms with Crippen molar-refractivity contribution in [1.29, 1.82) is 0 Å². The van der Waals surface area contributed by atoms with Gasteiger partial charge in [0, 0.05) is 10.5 Å². The lowest BCUT2D eigenvalue weighted by Gasteiger charge is -2.20. The zero-order valence-corrected chi connectivity index (χ0v) is 6.96. The lowest BCUT2D eigenvalue weighted by molar-refractivity contribution is 0.412. The molecule has 0 N–H and O–H groups in total. The third-order valence-corrected chi connectivity index (χ3v) is 1.84. The van der Waals surface area contributed by atoms with E-state index in [9.17, 15) is 0 Å². The Balaban J connectivity index is 4.07. The highest BCUT2D eigenvalue weighted by Gasteiger charge is 2.17. The molecule has 0 rings (SSSR count). The van der Waals surface area contributed by atoms with Gasteiger partial charge in [-0.15, -0.1) is 0 Å². The van der Waals surface area contributed by atoms with Gasteiger partial charge in [-0.2, -0.15) is 0 Å². The van der Waals surface area contributed by atoms with Crippen LogP contribution < -0.4 is 0 Å². The van der Waals surface area contributed by atoms with Crippen molar-refractivity contribution in [3.8, 4) is 0 Å². The smallest absolute Gasteiger partial charge is 0.0457 e. The Morgan fingerprint density at radius 2 is 2.10 bits per heavy atom. The predicted octanol–water partition coefficient (Wildman–Crippen LogP) is 3.27. The number of nitrogens with zero attached hydrogens (tertiary/aromatic N) is 3. The normalized spacial score (nSPS) is 15.5. The Morgan fingerprint density at radius 3 is 2.40 bits per heavy atom. The van der Waals surface area contributed by atoms with Crippen molar-refractivity contribution in [2.45, 2.75) is 45.6 Å². The molecule has 0 heterocycles. The zero-order chi connectivity index (χ0) is 8.04. The first kappa shape index (κ1) is 9.31. The van der Waals surface area contributed by atoms with E-state index in [0.29, 0.717) is 0 Å². The summed E-state index contributed by atoms with van der Waals surface area (Å²) >= 11 is 0. The minimum Gasteiger partial charge on any atom is -0.0876 e. The van der Waals surface area contributed by atoms with Gasteiger partial charge in [0.15, 0.2) is 0 Å². The highest BCUT2D eigenvalue weighted by molar-refractivity contribution is 4.80. The van der Waals surface area contributed by atoms with Gasteiger partial charge in [0.25, 0.3) is 0 Å².